The smallest absolute Gasteiger partial charge is 0.221 e. The van der Waals surface area contributed by atoms with Crippen LogP contribution in [0.3, 0.4) is 0 Å². The summed E-state index contributed by atoms with van der Waals surface area (Å²) in [6.45, 7) is 2.77. The van der Waals surface area contributed by atoms with Crippen molar-refractivity contribution in [3.8, 4) is 0 Å². The minimum absolute atomic E-state index is 0.403. The highest BCUT2D eigenvalue weighted by molar-refractivity contribution is 5.85. The molecule has 0 saturated carbocycles. The van der Waals surface area contributed by atoms with Crippen LogP contribution in [0.1, 0.15) is 71.1 Å². The second kappa shape index (κ2) is 12.6. The fourth-order valence-electron chi connectivity index (χ4n) is 2.74. The summed E-state index contributed by atoms with van der Waals surface area (Å²) in [6.07, 6.45) is 9.80. The Labute approximate surface area is 129 Å². The average Bonchev–Trinajstić information content (AvgIpc) is 2.43. The summed E-state index contributed by atoms with van der Waals surface area (Å²) in [6, 6.07) is 0. The molecule has 0 fully saturated rings. The lowest BCUT2D eigenvalue weighted by atomic mass is 9.83. The Balaban J connectivity index is 4.26. The monoisotopic (exact) mass is 299 g/mol. The summed E-state index contributed by atoms with van der Waals surface area (Å²) in [5, 5.41) is 0. The number of rotatable bonds is 14. The van der Waals surface area contributed by atoms with Gasteiger partial charge in [-0.3, -0.25) is 9.59 Å². The lowest BCUT2D eigenvalue weighted by molar-refractivity contribution is -0.132. The zero-order chi connectivity index (χ0) is 16.1. The zero-order valence-corrected chi connectivity index (χ0v) is 13.5. The second-order valence-electron chi connectivity index (χ2n) is 5.86. The molecule has 0 bridgehead atoms. The summed E-state index contributed by atoms with van der Waals surface area (Å²) in [5.41, 5.74) is 16.4. The molecule has 0 rings (SSSR count). The number of primary amides is 2. The molecule has 0 aliphatic rings. The molecular formula is C16H33N3O2. The van der Waals surface area contributed by atoms with E-state index in [0.717, 1.165) is 25.7 Å². The van der Waals surface area contributed by atoms with Gasteiger partial charge in [-0.15, -0.1) is 0 Å². The van der Waals surface area contributed by atoms with Gasteiger partial charge in [0.25, 0.3) is 0 Å². The van der Waals surface area contributed by atoms with Crippen LogP contribution in [0.2, 0.25) is 0 Å². The molecule has 0 radical (unpaired) electrons. The molecule has 124 valence electrons. The maximum absolute atomic E-state index is 11.6. The molecule has 0 saturated heterocycles. The number of carbonyl (C=O) groups excluding carboxylic acids is 2. The topological polar surface area (TPSA) is 112 Å². The van der Waals surface area contributed by atoms with E-state index in [9.17, 15) is 9.59 Å². The van der Waals surface area contributed by atoms with Gasteiger partial charge in [0.2, 0.25) is 11.8 Å². The number of carbonyl (C=O) groups is 2. The Kier molecular flexibility index (Phi) is 12.0. The first-order valence-electron chi connectivity index (χ1n) is 8.33. The minimum atomic E-state index is -0.440. The van der Waals surface area contributed by atoms with Crippen molar-refractivity contribution in [2.75, 3.05) is 6.54 Å². The van der Waals surface area contributed by atoms with E-state index in [-0.39, 0.29) is 0 Å². The van der Waals surface area contributed by atoms with E-state index in [1.165, 1.54) is 25.7 Å². The highest BCUT2D eigenvalue weighted by Crippen LogP contribution is 2.24. The van der Waals surface area contributed by atoms with Gasteiger partial charge in [-0.2, -0.15) is 0 Å². The summed E-state index contributed by atoms with van der Waals surface area (Å²) in [5.74, 6) is -1.68. The van der Waals surface area contributed by atoms with E-state index in [1.54, 1.807) is 0 Å². The molecular weight excluding hydrogens is 266 g/mol. The van der Waals surface area contributed by atoms with Crippen molar-refractivity contribution >= 4 is 11.8 Å². The van der Waals surface area contributed by atoms with Crippen LogP contribution >= 0.6 is 0 Å². The number of unbranched alkanes of at least 4 members (excludes halogenated alkanes) is 6. The Hall–Kier alpha value is -1.10. The first-order valence-corrected chi connectivity index (χ1v) is 8.33. The van der Waals surface area contributed by atoms with E-state index in [2.05, 4.69) is 6.92 Å². The molecule has 0 aromatic carbocycles. The fourth-order valence-corrected chi connectivity index (χ4v) is 2.74. The number of amides is 2. The van der Waals surface area contributed by atoms with Crippen molar-refractivity contribution in [2.24, 2.45) is 29.0 Å². The maximum atomic E-state index is 11.6. The first kappa shape index (κ1) is 19.9. The third-order valence-electron chi connectivity index (χ3n) is 4.05. The molecule has 1 unspecified atom stereocenters. The van der Waals surface area contributed by atoms with Crippen LogP contribution in [-0.2, 0) is 9.59 Å². The van der Waals surface area contributed by atoms with Gasteiger partial charge < -0.3 is 17.2 Å². The predicted octanol–water partition coefficient (Wildman–Crippen LogP) is 2.07. The summed E-state index contributed by atoms with van der Waals surface area (Å²) >= 11 is 0. The molecule has 0 aliphatic heterocycles. The van der Waals surface area contributed by atoms with Crippen LogP contribution in [0.15, 0.2) is 0 Å². The van der Waals surface area contributed by atoms with E-state index >= 15 is 0 Å². The van der Waals surface area contributed by atoms with E-state index in [1.807, 2.05) is 0 Å². The Morgan fingerprint density at radius 2 is 1.19 bits per heavy atom. The Morgan fingerprint density at radius 1 is 0.762 bits per heavy atom. The molecule has 2 amide bonds. The molecule has 0 spiro atoms. The highest BCUT2D eigenvalue weighted by atomic mass is 16.2. The fraction of sp³-hybridized carbons (Fsp3) is 0.875. The van der Waals surface area contributed by atoms with Crippen LogP contribution in [0, 0.1) is 11.8 Å². The van der Waals surface area contributed by atoms with Crippen LogP contribution < -0.4 is 17.2 Å². The summed E-state index contributed by atoms with van der Waals surface area (Å²) in [7, 11) is 0. The Bertz CT molecular complexity index is 295. The lowest BCUT2D eigenvalue weighted by Gasteiger charge is -2.22. The molecule has 6 N–H and O–H groups in total. The van der Waals surface area contributed by atoms with Gasteiger partial charge in [0, 0.05) is 11.8 Å². The van der Waals surface area contributed by atoms with Crippen molar-refractivity contribution in [3.63, 3.8) is 0 Å². The van der Waals surface area contributed by atoms with Gasteiger partial charge >= 0.3 is 0 Å². The second-order valence-corrected chi connectivity index (χ2v) is 5.86. The maximum Gasteiger partial charge on any atom is 0.221 e. The lowest BCUT2D eigenvalue weighted by Crippen LogP contribution is -2.37. The van der Waals surface area contributed by atoms with Crippen molar-refractivity contribution in [2.45, 2.75) is 71.1 Å². The summed E-state index contributed by atoms with van der Waals surface area (Å²) < 4.78 is 0. The molecule has 0 aliphatic carbocycles. The standard InChI is InChI=1S/C16H33N3O2/c1-2-3-4-5-6-7-10-13(15(18)20)14(16(19)21)11-8-9-12-17/h13-14H,2-12,17H2,1H3,(H2,18,20)(H2,19,21)/t13?,14-/m0/s1. The molecule has 21 heavy (non-hydrogen) atoms. The molecule has 0 aromatic heterocycles. The molecule has 0 heterocycles. The SMILES string of the molecule is CCCCCCCCC(C(N)=O)[C@H](CCCCN)C(N)=O. The van der Waals surface area contributed by atoms with Gasteiger partial charge in [0.1, 0.15) is 0 Å². The minimum Gasteiger partial charge on any atom is -0.369 e. The zero-order valence-electron chi connectivity index (χ0n) is 13.5. The number of nitrogens with two attached hydrogens (primary N) is 3. The highest BCUT2D eigenvalue weighted by Gasteiger charge is 2.29. The van der Waals surface area contributed by atoms with Crippen LogP contribution in [0.5, 0.6) is 0 Å². The van der Waals surface area contributed by atoms with Gasteiger partial charge in [-0.05, 0) is 25.8 Å². The van der Waals surface area contributed by atoms with Gasteiger partial charge in [-0.25, -0.2) is 0 Å². The first-order chi connectivity index (χ1) is 10.0. The molecule has 5 nitrogen and oxygen atoms in total. The third kappa shape index (κ3) is 9.45. The van der Waals surface area contributed by atoms with Gasteiger partial charge in [-0.1, -0.05) is 51.9 Å². The number of hydrogen-bond donors (Lipinski definition) is 3. The normalized spacial score (nSPS) is 13.8. The van der Waals surface area contributed by atoms with Crippen molar-refractivity contribution < 1.29 is 9.59 Å². The van der Waals surface area contributed by atoms with Crippen molar-refractivity contribution in [3.05, 3.63) is 0 Å². The van der Waals surface area contributed by atoms with E-state index in [0.29, 0.717) is 19.4 Å². The van der Waals surface area contributed by atoms with E-state index < -0.39 is 23.7 Å². The molecule has 0 aromatic rings. The number of hydrogen-bond acceptors (Lipinski definition) is 3. The van der Waals surface area contributed by atoms with Gasteiger partial charge in [0.05, 0.1) is 0 Å². The predicted molar refractivity (Wildman–Crippen MR) is 86.3 cm³/mol. The van der Waals surface area contributed by atoms with Gasteiger partial charge in [0.15, 0.2) is 0 Å². The molecule has 5 heteroatoms. The van der Waals surface area contributed by atoms with Crippen LogP contribution in [-0.4, -0.2) is 18.4 Å². The average molecular weight is 299 g/mol. The van der Waals surface area contributed by atoms with Crippen LogP contribution in [0.25, 0.3) is 0 Å². The summed E-state index contributed by atoms with van der Waals surface area (Å²) in [4.78, 5) is 23.2. The molecule has 2 atom stereocenters. The van der Waals surface area contributed by atoms with E-state index in [4.69, 9.17) is 17.2 Å². The van der Waals surface area contributed by atoms with Crippen molar-refractivity contribution in [1.82, 2.24) is 0 Å². The quantitative estimate of drug-likeness (QED) is 0.427. The Morgan fingerprint density at radius 3 is 1.62 bits per heavy atom. The van der Waals surface area contributed by atoms with Crippen molar-refractivity contribution in [1.29, 1.82) is 0 Å². The largest absolute Gasteiger partial charge is 0.369 e. The van der Waals surface area contributed by atoms with Crippen LogP contribution in [0.4, 0.5) is 0 Å². The third-order valence-corrected chi connectivity index (χ3v) is 4.05.